The Morgan fingerprint density at radius 1 is 0.297 bits per heavy atom. The number of nitrogens with zero attached hydrogens (tertiary/aromatic N) is 2. The van der Waals surface area contributed by atoms with Crippen LogP contribution in [0.3, 0.4) is 0 Å². The molecule has 6 aromatic carbocycles. The Hall–Kier alpha value is -6.31. The van der Waals surface area contributed by atoms with E-state index < -0.39 is 11.5 Å². The van der Waals surface area contributed by atoms with E-state index in [1.807, 2.05) is 24.3 Å². The molecular weight excluding hydrogens is 1000 g/mol. The topological polar surface area (TPSA) is 120 Å². The summed E-state index contributed by atoms with van der Waals surface area (Å²) in [6, 6.07) is 57.4. The quantitative estimate of drug-likeness (QED) is 0.0755. The Kier molecular flexibility index (Phi) is 23.6. The summed E-state index contributed by atoms with van der Waals surface area (Å²) in [5, 5.41) is 38.1. The number of fused-ring (bicyclic) bond motifs is 1. The molecule has 4 N–H and O–H groups in total. The van der Waals surface area contributed by atoms with Crippen LogP contribution >= 0.6 is 0 Å². The second-order valence-electron chi connectivity index (χ2n) is 20.1. The zero-order valence-corrected chi connectivity index (χ0v) is 47.2. The zero-order chi connectivity index (χ0) is 51.9. The van der Waals surface area contributed by atoms with Crippen LogP contribution in [-0.2, 0) is 33.6 Å². The summed E-state index contributed by atoms with van der Waals surface area (Å²) in [6.07, 6.45) is 0. The predicted octanol–water partition coefficient (Wildman–Crippen LogP) is 16.3. The third-order valence-corrected chi connectivity index (χ3v) is 13.0. The maximum Gasteiger partial charge on any atom is 1.00 e. The average Bonchev–Trinajstić information content (AvgIpc) is 3.37. The number of hydrogen-bond acceptors (Lipinski definition) is 8. The van der Waals surface area contributed by atoms with Gasteiger partial charge in [-0.3, -0.25) is 9.97 Å². The summed E-state index contributed by atoms with van der Waals surface area (Å²) in [6.45, 7) is 26.5. The van der Waals surface area contributed by atoms with Crippen LogP contribution in [0, 0.1) is 0 Å². The van der Waals surface area contributed by atoms with E-state index >= 15 is 0 Å². The van der Waals surface area contributed by atoms with Gasteiger partial charge in [0.2, 0.25) is 0 Å². The first-order chi connectivity index (χ1) is 34.5. The summed E-state index contributed by atoms with van der Waals surface area (Å²) in [7, 11) is 0. The van der Waals surface area contributed by atoms with Crippen molar-refractivity contribution in [1.29, 1.82) is 0 Å². The van der Waals surface area contributed by atoms with Gasteiger partial charge in [-0.25, -0.2) is 0 Å². The molecule has 0 saturated carbocycles. The molecule has 8 nitrogen and oxygen atoms in total. The number of anilines is 4. The van der Waals surface area contributed by atoms with Gasteiger partial charge in [0, 0.05) is 22.7 Å². The van der Waals surface area contributed by atoms with Crippen LogP contribution in [0.5, 0.6) is 11.5 Å². The molecule has 0 aliphatic rings. The van der Waals surface area contributed by atoms with E-state index in [2.05, 4.69) is 238 Å². The molecule has 8 aromatic rings. The van der Waals surface area contributed by atoms with Gasteiger partial charge in [0.15, 0.2) is 0 Å². The Morgan fingerprint density at radius 2 is 0.514 bits per heavy atom. The van der Waals surface area contributed by atoms with Gasteiger partial charge in [0.25, 0.3) is 0 Å². The summed E-state index contributed by atoms with van der Waals surface area (Å²) < 4.78 is 0. The molecule has 0 bridgehead atoms. The largest absolute Gasteiger partial charge is 1.00 e. The average molecular weight is 1080 g/mol. The maximum atomic E-state index is 10.9. The number of hydrogen-bond donors (Lipinski definition) is 4. The van der Waals surface area contributed by atoms with Gasteiger partial charge < -0.3 is 31.5 Å². The molecular formula is C64H76Co2N6O2. The van der Waals surface area contributed by atoms with E-state index in [1.54, 1.807) is 0 Å². The summed E-state index contributed by atoms with van der Waals surface area (Å²) in [5.74, 6) is 1.04. The SMILES string of the molecule is CC(C)c1ccccc1NC(C)c1cccc(C(C)Nc2ccccc2C(C)C)n1.CC(C)c1ccccc1NC(C)c1cccc(C(C)Nc2ccccc2C(C)C)n1.[Co+].[Co+].[O-]c1cc2ccccc2cc1[O-]. The first-order valence-electron chi connectivity index (χ1n) is 25.7. The Bertz CT molecular complexity index is 2630. The minimum atomic E-state index is -0.436. The van der Waals surface area contributed by atoms with E-state index in [0.29, 0.717) is 23.7 Å². The number of para-hydroxylation sites is 4. The Morgan fingerprint density at radius 3 is 0.743 bits per heavy atom. The normalized spacial score (nSPS) is 12.5. The Balaban J connectivity index is 0.000000256. The molecule has 74 heavy (non-hydrogen) atoms. The molecule has 4 unspecified atom stereocenters. The van der Waals surface area contributed by atoms with Crippen molar-refractivity contribution < 1.29 is 43.8 Å². The number of rotatable bonds is 16. The van der Waals surface area contributed by atoms with Gasteiger partial charge >= 0.3 is 33.6 Å². The molecule has 0 spiro atoms. The zero-order valence-electron chi connectivity index (χ0n) is 45.2. The van der Waals surface area contributed by atoms with E-state index in [-0.39, 0.29) is 57.7 Å². The summed E-state index contributed by atoms with van der Waals surface area (Å²) >= 11 is 0. The van der Waals surface area contributed by atoms with Crippen LogP contribution in [0.1, 0.15) is 176 Å². The van der Waals surface area contributed by atoms with Gasteiger partial charge in [0.1, 0.15) is 0 Å². The monoisotopic (exact) mass is 1080 g/mol. The van der Waals surface area contributed by atoms with Crippen molar-refractivity contribution in [2.45, 2.75) is 131 Å². The Labute approximate surface area is 463 Å². The number of pyridine rings is 2. The fourth-order valence-electron chi connectivity index (χ4n) is 8.86. The van der Waals surface area contributed by atoms with Crippen molar-refractivity contribution in [3.05, 3.63) is 215 Å². The van der Waals surface area contributed by atoms with Crippen molar-refractivity contribution in [2.24, 2.45) is 0 Å². The van der Waals surface area contributed by atoms with Crippen LogP contribution in [0.4, 0.5) is 22.7 Å². The van der Waals surface area contributed by atoms with Crippen LogP contribution in [0.25, 0.3) is 10.8 Å². The van der Waals surface area contributed by atoms with Gasteiger partial charge in [-0.2, -0.15) is 0 Å². The molecule has 0 saturated heterocycles. The second kappa shape index (κ2) is 29.0. The molecule has 0 aliphatic heterocycles. The molecule has 10 heteroatoms. The van der Waals surface area contributed by atoms with E-state index in [1.165, 1.54) is 57.1 Å². The van der Waals surface area contributed by atoms with Crippen molar-refractivity contribution >= 4 is 33.5 Å². The third kappa shape index (κ3) is 16.6. The molecule has 0 fully saturated rings. The number of benzene rings is 6. The fourth-order valence-corrected chi connectivity index (χ4v) is 8.86. The van der Waals surface area contributed by atoms with Crippen LogP contribution in [-0.4, -0.2) is 9.97 Å². The molecule has 0 aliphatic carbocycles. The third-order valence-electron chi connectivity index (χ3n) is 13.0. The molecule has 4 atom stereocenters. The molecule has 0 radical (unpaired) electrons. The minimum absolute atomic E-state index is 0. The molecule has 2 aromatic heterocycles. The maximum absolute atomic E-state index is 10.9. The fraction of sp³-hybridized carbons (Fsp3) is 0.312. The van der Waals surface area contributed by atoms with Crippen molar-refractivity contribution in [1.82, 2.24) is 9.97 Å². The second-order valence-corrected chi connectivity index (χ2v) is 20.1. The molecule has 0 amide bonds. The smallest absolute Gasteiger partial charge is 0.873 e. The van der Waals surface area contributed by atoms with Gasteiger partial charge in [0.05, 0.1) is 46.9 Å². The van der Waals surface area contributed by atoms with Crippen molar-refractivity contribution in [3.63, 3.8) is 0 Å². The predicted molar refractivity (Wildman–Crippen MR) is 302 cm³/mol. The van der Waals surface area contributed by atoms with Crippen molar-refractivity contribution in [2.75, 3.05) is 21.3 Å². The first kappa shape index (κ1) is 60.2. The molecule has 392 valence electrons. The minimum Gasteiger partial charge on any atom is -0.873 e. The van der Waals surface area contributed by atoms with Crippen molar-refractivity contribution in [3.8, 4) is 11.5 Å². The van der Waals surface area contributed by atoms with Crippen LogP contribution in [0.15, 0.2) is 170 Å². The van der Waals surface area contributed by atoms with Gasteiger partial charge in [-0.05, 0) is 133 Å². The van der Waals surface area contributed by atoms with Crippen LogP contribution in [0.2, 0.25) is 0 Å². The number of nitrogens with one attached hydrogen (secondary N) is 4. The first-order valence-corrected chi connectivity index (χ1v) is 25.7. The standard InChI is InChI=1S/2C27H35N3.C10H8O2.2Co/c2*1-18(2)22-12-7-9-14-26(22)28-20(5)24-16-11-17-25(30-24)21(6)29-27-15-10-8-13-23(27)19(3)4;11-9-5-7-3-1-2-4-8(7)6-10(9)12;;/h2*7-21,28-29H,1-6H3;1-6,11-12H;;/q;;;2*+1/p-2. The summed E-state index contributed by atoms with van der Waals surface area (Å²) in [5.41, 5.74) is 14.3. The molecule has 8 rings (SSSR count). The van der Waals surface area contributed by atoms with Gasteiger partial charge in [-0.15, -0.1) is 11.5 Å². The molecule has 2 heterocycles. The van der Waals surface area contributed by atoms with E-state index in [9.17, 15) is 10.2 Å². The summed E-state index contributed by atoms with van der Waals surface area (Å²) in [4.78, 5) is 9.98. The van der Waals surface area contributed by atoms with Crippen LogP contribution < -0.4 is 31.5 Å². The van der Waals surface area contributed by atoms with Gasteiger partial charge in [-0.1, -0.05) is 177 Å². The van der Waals surface area contributed by atoms with E-state index in [0.717, 1.165) is 33.5 Å². The number of aromatic nitrogens is 2. The van der Waals surface area contributed by atoms with E-state index in [4.69, 9.17) is 9.97 Å².